The lowest BCUT2D eigenvalue weighted by atomic mass is 10.0. The molecule has 5 heteroatoms. The molecular weight excluding hydrogens is 294 g/mol. The number of rotatable bonds is 7. The number of aryl methyl sites for hydroxylation is 1. The van der Waals surface area contributed by atoms with E-state index in [0.717, 1.165) is 24.8 Å². The highest BCUT2D eigenvalue weighted by molar-refractivity contribution is 5.60. The second-order valence-electron chi connectivity index (χ2n) is 5.27. The Bertz CT molecular complexity index is 710. The highest BCUT2D eigenvalue weighted by Crippen LogP contribution is 2.24. The molecule has 0 atom stereocenters. The van der Waals surface area contributed by atoms with Gasteiger partial charge in [0.15, 0.2) is 0 Å². The van der Waals surface area contributed by atoms with Gasteiger partial charge in [0.2, 0.25) is 0 Å². The fourth-order valence-corrected chi connectivity index (χ4v) is 2.31. The van der Waals surface area contributed by atoms with E-state index < -0.39 is 4.92 Å². The van der Waals surface area contributed by atoms with Gasteiger partial charge in [0.1, 0.15) is 5.75 Å². The van der Waals surface area contributed by atoms with Crippen molar-refractivity contribution in [2.75, 3.05) is 0 Å². The SMILES string of the molecule is O=[N+]([O-])c1ccc(O)c(/C=C\CCCc2cccc(CO)c2)c1. The molecule has 0 fully saturated rings. The summed E-state index contributed by atoms with van der Waals surface area (Å²) in [6.07, 6.45) is 6.20. The second kappa shape index (κ2) is 8.10. The quantitative estimate of drug-likeness (QED) is 0.462. The van der Waals surface area contributed by atoms with Gasteiger partial charge in [-0.3, -0.25) is 10.1 Å². The summed E-state index contributed by atoms with van der Waals surface area (Å²) in [5.74, 6) is 0.0301. The predicted molar refractivity (Wildman–Crippen MR) is 89.1 cm³/mol. The average molecular weight is 313 g/mol. The molecule has 2 N–H and O–H groups in total. The van der Waals surface area contributed by atoms with Crippen LogP contribution in [0.3, 0.4) is 0 Å². The lowest BCUT2D eigenvalue weighted by Crippen LogP contribution is -1.89. The molecule has 0 spiro atoms. The summed E-state index contributed by atoms with van der Waals surface area (Å²) in [6, 6.07) is 11.8. The summed E-state index contributed by atoms with van der Waals surface area (Å²) in [4.78, 5) is 10.3. The van der Waals surface area contributed by atoms with Crippen molar-refractivity contribution in [2.45, 2.75) is 25.9 Å². The van der Waals surface area contributed by atoms with E-state index in [1.807, 2.05) is 30.3 Å². The summed E-state index contributed by atoms with van der Waals surface area (Å²) < 4.78 is 0. The lowest BCUT2D eigenvalue weighted by molar-refractivity contribution is -0.384. The molecule has 0 aliphatic rings. The first-order valence-corrected chi connectivity index (χ1v) is 7.43. The molecule has 2 rings (SSSR count). The molecule has 0 saturated carbocycles. The highest BCUT2D eigenvalue weighted by atomic mass is 16.6. The fraction of sp³-hybridized carbons (Fsp3) is 0.222. The molecule has 5 nitrogen and oxygen atoms in total. The van der Waals surface area contributed by atoms with Crippen LogP contribution < -0.4 is 0 Å². The zero-order valence-electron chi connectivity index (χ0n) is 12.7. The number of benzene rings is 2. The number of non-ortho nitro benzene ring substituents is 1. The zero-order valence-corrected chi connectivity index (χ0v) is 12.7. The zero-order chi connectivity index (χ0) is 16.7. The van der Waals surface area contributed by atoms with Crippen LogP contribution in [-0.2, 0) is 13.0 Å². The molecule has 0 aliphatic heterocycles. The van der Waals surface area contributed by atoms with Crippen LogP contribution in [0.25, 0.3) is 6.08 Å². The van der Waals surface area contributed by atoms with Gasteiger partial charge in [0.25, 0.3) is 5.69 Å². The van der Waals surface area contributed by atoms with E-state index in [1.165, 1.54) is 23.8 Å². The van der Waals surface area contributed by atoms with Gasteiger partial charge in [-0.1, -0.05) is 36.4 Å². The van der Waals surface area contributed by atoms with Crippen molar-refractivity contribution in [3.05, 3.63) is 75.3 Å². The minimum Gasteiger partial charge on any atom is -0.507 e. The van der Waals surface area contributed by atoms with Crippen molar-refractivity contribution >= 4 is 11.8 Å². The Balaban J connectivity index is 1.89. The van der Waals surface area contributed by atoms with Crippen molar-refractivity contribution in [2.24, 2.45) is 0 Å². The largest absolute Gasteiger partial charge is 0.507 e. The van der Waals surface area contributed by atoms with E-state index in [2.05, 4.69) is 0 Å². The number of hydrogen-bond acceptors (Lipinski definition) is 4. The predicted octanol–water partition coefficient (Wildman–Crippen LogP) is 3.83. The summed E-state index contributed by atoms with van der Waals surface area (Å²) >= 11 is 0. The number of aromatic hydroxyl groups is 1. The smallest absolute Gasteiger partial charge is 0.270 e. The van der Waals surface area contributed by atoms with E-state index in [-0.39, 0.29) is 18.0 Å². The molecule has 120 valence electrons. The van der Waals surface area contributed by atoms with Gasteiger partial charge in [-0.2, -0.15) is 0 Å². The van der Waals surface area contributed by atoms with Gasteiger partial charge in [-0.05, 0) is 36.5 Å². The standard InChI is InChI=1S/C18H19NO4/c20-13-15-7-4-6-14(11-15)5-2-1-3-8-16-12-17(19(22)23)9-10-18(16)21/h3-4,6-12,20-21H,1-2,5,13H2/b8-3-. The molecule has 2 aromatic carbocycles. The Morgan fingerprint density at radius 3 is 2.65 bits per heavy atom. The van der Waals surface area contributed by atoms with Crippen LogP contribution in [0.15, 0.2) is 48.5 Å². The molecule has 0 unspecified atom stereocenters. The Labute approximate surface area is 134 Å². The Kier molecular flexibility index (Phi) is 5.88. The molecule has 0 amide bonds. The van der Waals surface area contributed by atoms with E-state index in [0.29, 0.717) is 5.56 Å². The molecule has 0 heterocycles. The first-order chi connectivity index (χ1) is 11.1. The van der Waals surface area contributed by atoms with Crippen LogP contribution >= 0.6 is 0 Å². The number of allylic oxidation sites excluding steroid dienone is 1. The number of aliphatic hydroxyl groups is 1. The number of hydrogen-bond donors (Lipinski definition) is 2. The molecule has 0 bridgehead atoms. The number of phenols is 1. The number of aliphatic hydroxyl groups excluding tert-OH is 1. The maximum atomic E-state index is 10.7. The third-order valence-corrected chi connectivity index (χ3v) is 3.53. The first-order valence-electron chi connectivity index (χ1n) is 7.43. The third kappa shape index (κ3) is 4.93. The van der Waals surface area contributed by atoms with Gasteiger partial charge >= 0.3 is 0 Å². The van der Waals surface area contributed by atoms with Gasteiger partial charge < -0.3 is 10.2 Å². The molecule has 2 aromatic rings. The Morgan fingerprint density at radius 2 is 1.91 bits per heavy atom. The Morgan fingerprint density at radius 1 is 1.13 bits per heavy atom. The van der Waals surface area contributed by atoms with Crippen molar-refractivity contribution in [3.8, 4) is 5.75 Å². The summed E-state index contributed by atoms with van der Waals surface area (Å²) in [7, 11) is 0. The van der Waals surface area contributed by atoms with Gasteiger partial charge in [0.05, 0.1) is 11.5 Å². The van der Waals surface area contributed by atoms with E-state index in [4.69, 9.17) is 5.11 Å². The maximum absolute atomic E-state index is 10.7. The minimum atomic E-state index is -0.481. The molecular formula is C18H19NO4. The Hall–Kier alpha value is -2.66. The van der Waals surface area contributed by atoms with Crippen LogP contribution in [0.4, 0.5) is 5.69 Å². The normalized spacial score (nSPS) is 11.0. The molecule has 0 radical (unpaired) electrons. The van der Waals surface area contributed by atoms with Gasteiger partial charge in [-0.15, -0.1) is 0 Å². The number of phenolic OH excluding ortho intramolecular Hbond substituents is 1. The molecule has 0 saturated heterocycles. The number of nitrogens with zero attached hydrogens (tertiary/aromatic N) is 1. The topological polar surface area (TPSA) is 83.6 Å². The molecule has 23 heavy (non-hydrogen) atoms. The van der Waals surface area contributed by atoms with Crippen molar-refractivity contribution in [1.29, 1.82) is 0 Å². The van der Waals surface area contributed by atoms with Gasteiger partial charge in [0, 0.05) is 17.7 Å². The second-order valence-corrected chi connectivity index (χ2v) is 5.27. The number of unbranched alkanes of at least 4 members (excludes halogenated alkanes) is 1. The van der Waals surface area contributed by atoms with E-state index in [9.17, 15) is 15.2 Å². The third-order valence-electron chi connectivity index (χ3n) is 3.53. The van der Waals surface area contributed by atoms with Crippen molar-refractivity contribution in [1.82, 2.24) is 0 Å². The van der Waals surface area contributed by atoms with Crippen LogP contribution in [0, 0.1) is 10.1 Å². The summed E-state index contributed by atoms with van der Waals surface area (Å²) in [6.45, 7) is 0.0415. The summed E-state index contributed by atoms with van der Waals surface area (Å²) in [5, 5.41) is 29.5. The maximum Gasteiger partial charge on any atom is 0.270 e. The number of nitro benzene ring substituents is 1. The highest BCUT2D eigenvalue weighted by Gasteiger charge is 2.07. The fourth-order valence-electron chi connectivity index (χ4n) is 2.31. The minimum absolute atomic E-state index is 0.0301. The van der Waals surface area contributed by atoms with Crippen LogP contribution in [0.5, 0.6) is 5.75 Å². The van der Waals surface area contributed by atoms with E-state index >= 15 is 0 Å². The van der Waals surface area contributed by atoms with Crippen LogP contribution in [0.1, 0.15) is 29.5 Å². The van der Waals surface area contributed by atoms with Crippen LogP contribution in [0.2, 0.25) is 0 Å². The first kappa shape index (κ1) is 16.7. The molecule has 0 aliphatic carbocycles. The molecule has 0 aromatic heterocycles. The van der Waals surface area contributed by atoms with Crippen LogP contribution in [-0.4, -0.2) is 15.1 Å². The van der Waals surface area contributed by atoms with E-state index in [1.54, 1.807) is 6.08 Å². The lowest BCUT2D eigenvalue weighted by Gasteiger charge is -2.02. The van der Waals surface area contributed by atoms with Crippen molar-refractivity contribution in [3.63, 3.8) is 0 Å². The van der Waals surface area contributed by atoms with Gasteiger partial charge in [-0.25, -0.2) is 0 Å². The monoisotopic (exact) mass is 313 g/mol. The average Bonchev–Trinajstić information content (AvgIpc) is 2.56. The number of nitro groups is 1. The summed E-state index contributed by atoms with van der Waals surface area (Å²) in [5.41, 5.74) is 2.48. The van der Waals surface area contributed by atoms with Crippen molar-refractivity contribution < 1.29 is 15.1 Å².